The van der Waals surface area contributed by atoms with Crippen LogP contribution in [0, 0.1) is 12.7 Å². The van der Waals surface area contributed by atoms with Crippen molar-refractivity contribution in [2.75, 3.05) is 25.1 Å². The number of pyridine rings is 1. The number of hydrogen-bond acceptors (Lipinski definition) is 6. The second-order valence-corrected chi connectivity index (χ2v) is 6.87. The third kappa shape index (κ3) is 2.50. The van der Waals surface area contributed by atoms with Crippen LogP contribution < -0.4 is 21.9 Å². The third-order valence-corrected chi connectivity index (χ3v) is 5.07. The van der Waals surface area contributed by atoms with E-state index in [-0.39, 0.29) is 12.0 Å². The summed E-state index contributed by atoms with van der Waals surface area (Å²) in [6, 6.07) is -0.366. The Bertz CT molecular complexity index is 1040. The number of aromatic nitrogens is 2. The van der Waals surface area contributed by atoms with Crippen LogP contribution in [0.4, 0.5) is 10.1 Å². The van der Waals surface area contributed by atoms with Crippen LogP contribution in [0.1, 0.15) is 29.9 Å². The first-order valence-corrected chi connectivity index (χ1v) is 8.50. The zero-order chi connectivity index (χ0) is 18.6. The van der Waals surface area contributed by atoms with Crippen molar-refractivity contribution in [2.24, 2.45) is 10.9 Å². The van der Waals surface area contributed by atoms with Gasteiger partial charge in [0.05, 0.1) is 35.7 Å². The van der Waals surface area contributed by atoms with E-state index in [2.05, 4.69) is 10.1 Å². The molecule has 3 N–H and O–H groups in total. The van der Waals surface area contributed by atoms with Crippen molar-refractivity contribution in [3.63, 3.8) is 0 Å². The summed E-state index contributed by atoms with van der Waals surface area (Å²) in [6.07, 6.45) is 2.92. The maximum atomic E-state index is 14.9. The second kappa shape index (κ2) is 5.94. The Kier molecular flexibility index (Phi) is 3.83. The number of nitrogens with zero attached hydrogens (tertiary/aromatic N) is 3. The van der Waals surface area contributed by atoms with E-state index in [1.165, 1.54) is 11.5 Å². The highest BCUT2D eigenvalue weighted by Gasteiger charge is 2.33. The van der Waals surface area contributed by atoms with E-state index in [4.69, 9.17) is 10.6 Å². The van der Waals surface area contributed by atoms with Crippen LogP contribution in [-0.4, -0.2) is 41.3 Å². The predicted octanol–water partition coefficient (Wildman–Crippen LogP) is 0.462. The van der Waals surface area contributed by atoms with Crippen molar-refractivity contribution in [1.82, 2.24) is 9.38 Å². The van der Waals surface area contributed by atoms with Gasteiger partial charge in [-0.15, -0.1) is 0 Å². The molecule has 138 valence electrons. The maximum absolute atomic E-state index is 14.9. The summed E-state index contributed by atoms with van der Waals surface area (Å²) < 4.78 is 16.1. The molecule has 2 aromatic rings. The van der Waals surface area contributed by atoms with Crippen molar-refractivity contribution in [2.45, 2.75) is 31.7 Å². The topological polar surface area (TPSA) is 105 Å². The average molecular weight is 361 g/mol. The van der Waals surface area contributed by atoms with Crippen LogP contribution in [0.2, 0.25) is 0 Å². The third-order valence-electron chi connectivity index (χ3n) is 5.07. The molecule has 1 aliphatic heterocycles. The van der Waals surface area contributed by atoms with Crippen LogP contribution in [0.25, 0.3) is 5.52 Å². The summed E-state index contributed by atoms with van der Waals surface area (Å²) in [7, 11) is 1.44. The zero-order valence-electron chi connectivity index (χ0n) is 14.6. The lowest BCUT2D eigenvalue weighted by molar-refractivity contribution is 0.212. The smallest absolute Gasteiger partial charge is 0.333 e. The molecule has 2 aliphatic rings. The lowest BCUT2D eigenvalue weighted by Crippen LogP contribution is -2.32. The van der Waals surface area contributed by atoms with Gasteiger partial charge in [-0.1, -0.05) is 5.16 Å². The molecule has 2 fully saturated rings. The summed E-state index contributed by atoms with van der Waals surface area (Å²) in [5.74, 6) is -0.436. The Morgan fingerprint density at radius 2 is 2.12 bits per heavy atom. The number of hydrogen-bond donors (Lipinski definition) is 2. The molecular weight excluding hydrogens is 341 g/mol. The highest BCUT2D eigenvalue weighted by Crippen LogP contribution is 2.41. The Balaban J connectivity index is 1.95. The minimum Gasteiger partial charge on any atom is -0.399 e. The van der Waals surface area contributed by atoms with Crippen LogP contribution in [0.3, 0.4) is 0 Å². The number of anilines is 1. The van der Waals surface area contributed by atoms with Crippen LogP contribution in [0.5, 0.6) is 0 Å². The molecule has 1 atom stereocenters. The summed E-state index contributed by atoms with van der Waals surface area (Å²) in [6.45, 7) is 2.44. The largest absolute Gasteiger partial charge is 0.399 e. The van der Waals surface area contributed by atoms with Gasteiger partial charge in [-0.2, -0.15) is 0 Å². The Morgan fingerprint density at radius 1 is 1.38 bits per heavy atom. The molecule has 0 amide bonds. The number of nitrogens with one attached hydrogen (secondary N) is 1. The molecule has 9 heteroatoms. The summed E-state index contributed by atoms with van der Waals surface area (Å²) in [5.41, 5.74) is 7.59. The second-order valence-electron chi connectivity index (χ2n) is 6.87. The standard InChI is InChI=1S/C17H20FN5O3/c1-8-14(22-6-11(19)12(7-22)21-26-2)10(18)5-23-15(8)13(9-3-4-9)16(24)20-17(23)25/h5,9,11H,3-4,6-7,19H2,1-2H3,(H,20,24,25)/b21-12-. The molecule has 0 aromatic carbocycles. The molecule has 8 nitrogen and oxygen atoms in total. The van der Waals surface area contributed by atoms with E-state index in [1.807, 2.05) is 0 Å². The lowest BCUT2D eigenvalue weighted by atomic mass is 10.1. The number of halogens is 1. The van der Waals surface area contributed by atoms with Gasteiger partial charge in [-0.3, -0.25) is 14.2 Å². The van der Waals surface area contributed by atoms with E-state index in [9.17, 15) is 14.0 Å². The Morgan fingerprint density at radius 3 is 2.77 bits per heavy atom. The van der Waals surface area contributed by atoms with Gasteiger partial charge in [-0.05, 0) is 25.7 Å². The van der Waals surface area contributed by atoms with Gasteiger partial charge >= 0.3 is 5.69 Å². The highest BCUT2D eigenvalue weighted by molar-refractivity contribution is 5.97. The highest BCUT2D eigenvalue weighted by atomic mass is 19.1. The van der Waals surface area contributed by atoms with E-state index >= 15 is 0 Å². The van der Waals surface area contributed by atoms with Gasteiger partial charge in [0.15, 0.2) is 5.82 Å². The Hall–Kier alpha value is -2.68. The fourth-order valence-electron chi connectivity index (χ4n) is 3.78. The molecule has 1 unspecified atom stereocenters. The number of H-pyrrole nitrogens is 1. The molecule has 3 heterocycles. The quantitative estimate of drug-likeness (QED) is 0.773. The van der Waals surface area contributed by atoms with Crippen molar-refractivity contribution >= 4 is 16.9 Å². The van der Waals surface area contributed by atoms with E-state index in [0.717, 1.165) is 19.0 Å². The number of aryl methyl sites for hydroxylation is 1. The predicted molar refractivity (Wildman–Crippen MR) is 95.6 cm³/mol. The lowest BCUT2D eigenvalue weighted by Gasteiger charge is -2.22. The first-order valence-electron chi connectivity index (χ1n) is 8.50. The molecule has 0 spiro atoms. The van der Waals surface area contributed by atoms with Crippen molar-refractivity contribution < 1.29 is 9.23 Å². The van der Waals surface area contributed by atoms with Crippen molar-refractivity contribution in [3.8, 4) is 0 Å². The molecule has 2 aromatic heterocycles. The number of aromatic amines is 1. The van der Waals surface area contributed by atoms with Crippen LogP contribution in [-0.2, 0) is 4.84 Å². The van der Waals surface area contributed by atoms with E-state index < -0.39 is 17.1 Å². The average Bonchev–Trinajstić information content (AvgIpc) is 3.34. The van der Waals surface area contributed by atoms with Crippen LogP contribution >= 0.6 is 0 Å². The van der Waals surface area contributed by atoms with Crippen molar-refractivity contribution in [1.29, 1.82) is 0 Å². The molecule has 1 saturated carbocycles. The monoisotopic (exact) mass is 361 g/mol. The number of oxime groups is 1. The molecule has 26 heavy (non-hydrogen) atoms. The summed E-state index contributed by atoms with van der Waals surface area (Å²) >= 11 is 0. The number of nitrogens with two attached hydrogens (primary N) is 1. The fraction of sp³-hybridized carbons (Fsp3) is 0.471. The first kappa shape index (κ1) is 16.8. The molecule has 4 rings (SSSR count). The summed E-state index contributed by atoms with van der Waals surface area (Å²) in [5, 5.41) is 3.90. The minimum absolute atomic E-state index is 0.109. The van der Waals surface area contributed by atoms with Gasteiger partial charge in [0.25, 0.3) is 5.56 Å². The number of rotatable bonds is 3. The maximum Gasteiger partial charge on any atom is 0.333 e. The van der Waals surface area contributed by atoms with Gasteiger partial charge in [-0.25, -0.2) is 9.18 Å². The van der Waals surface area contributed by atoms with E-state index in [0.29, 0.717) is 41.1 Å². The van der Waals surface area contributed by atoms with Crippen molar-refractivity contribution in [3.05, 3.63) is 44.0 Å². The van der Waals surface area contributed by atoms with Gasteiger partial charge in [0.1, 0.15) is 7.11 Å². The molecule has 1 saturated heterocycles. The normalized spacial score (nSPS) is 21.8. The molecular formula is C17H20FN5O3. The molecule has 0 bridgehead atoms. The van der Waals surface area contributed by atoms with Gasteiger partial charge in [0.2, 0.25) is 0 Å². The zero-order valence-corrected chi connectivity index (χ0v) is 14.6. The Labute approximate surface area is 148 Å². The fourth-order valence-corrected chi connectivity index (χ4v) is 3.78. The molecule has 1 aliphatic carbocycles. The molecule has 0 radical (unpaired) electrons. The SMILES string of the molecule is CO/N=C1/CN(c2c(F)cn3c(=O)[nH]c(=O)c(C4CC4)c3c2C)CC1N. The number of fused-ring (bicyclic) bond motifs is 1. The van der Waals surface area contributed by atoms with Gasteiger partial charge < -0.3 is 15.5 Å². The van der Waals surface area contributed by atoms with Gasteiger partial charge in [0, 0.05) is 17.7 Å². The van der Waals surface area contributed by atoms with E-state index in [1.54, 1.807) is 11.8 Å². The summed E-state index contributed by atoms with van der Waals surface area (Å²) in [4.78, 5) is 33.4. The van der Waals surface area contributed by atoms with Crippen LogP contribution in [0.15, 0.2) is 20.9 Å². The first-order chi connectivity index (χ1) is 12.4. The minimum atomic E-state index is -0.636.